The summed E-state index contributed by atoms with van der Waals surface area (Å²) in [6, 6.07) is 7.01. The minimum absolute atomic E-state index is 0.200. The molecule has 2 aromatic heterocycles. The van der Waals surface area contributed by atoms with E-state index in [1.807, 2.05) is 6.07 Å². The maximum atomic E-state index is 12.3. The SMILES string of the molecule is Cc1nc(-c2cccc(C(=O)NCc3noc(CC(C)C)n3)c2)no1. The van der Waals surface area contributed by atoms with Gasteiger partial charge in [-0.25, -0.2) is 0 Å². The summed E-state index contributed by atoms with van der Waals surface area (Å²) in [4.78, 5) is 20.7. The number of hydrogen-bond acceptors (Lipinski definition) is 7. The molecule has 0 bridgehead atoms. The van der Waals surface area contributed by atoms with E-state index in [0.717, 1.165) is 0 Å². The number of rotatable bonds is 6. The second-order valence-corrected chi connectivity index (χ2v) is 6.10. The van der Waals surface area contributed by atoms with Gasteiger partial charge in [0, 0.05) is 24.5 Å². The summed E-state index contributed by atoms with van der Waals surface area (Å²) in [5, 5.41) is 10.5. The normalized spacial score (nSPS) is 11.0. The molecule has 0 aliphatic rings. The average molecular weight is 341 g/mol. The van der Waals surface area contributed by atoms with Crippen molar-refractivity contribution in [1.82, 2.24) is 25.6 Å². The lowest BCUT2D eigenvalue weighted by Gasteiger charge is -2.03. The van der Waals surface area contributed by atoms with E-state index in [-0.39, 0.29) is 12.5 Å². The van der Waals surface area contributed by atoms with Gasteiger partial charge in [0.15, 0.2) is 5.82 Å². The Bertz CT molecular complexity index is 869. The van der Waals surface area contributed by atoms with E-state index in [4.69, 9.17) is 9.05 Å². The zero-order chi connectivity index (χ0) is 17.8. The molecule has 1 amide bonds. The molecular formula is C17H19N5O3. The van der Waals surface area contributed by atoms with Crippen molar-refractivity contribution < 1.29 is 13.8 Å². The molecule has 1 N–H and O–H groups in total. The highest BCUT2D eigenvalue weighted by Crippen LogP contribution is 2.17. The number of hydrogen-bond donors (Lipinski definition) is 1. The minimum atomic E-state index is -0.239. The van der Waals surface area contributed by atoms with Gasteiger partial charge in [-0.1, -0.05) is 36.3 Å². The van der Waals surface area contributed by atoms with Crippen molar-refractivity contribution in [3.8, 4) is 11.4 Å². The van der Waals surface area contributed by atoms with Gasteiger partial charge in [0.05, 0.1) is 6.54 Å². The second kappa shape index (κ2) is 7.25. The summed E-state index contributed by atoms with van der Waals surface area (Å²) in [6.07, 6.45) is 0.715. The van der Waals surface area contributed by atoms with E-state index in [1.165, 1.54) is 0 Å². The molecule has 8 nitrogen and oxygen atoms in total. The van der Waals surface area contributed by atoms with Crippen molar-refractivity contribution in [3.63, 3.8) is 0 Å². The monoisotopic (exact) mass is 341 g/mol. The third-order valence-corrected chi connectivity index (χ3v) is 3.41. The Morgan fingerprint density at radius 3 is 2.76 bits per heavy atom. The summed E-state index contributed by atoms with van der Waals surface area (Å²) in [5.74, 6) is 2.14. The lowest BCUT2D eigenvalue weighted by atomic mass is 10.1. The Morgan fingerprint density at radius 1 is 1.20 bits per heavy atom. The maximum Gasteiger partial charge on any atom is 0.251 e. The molecule has 25 heavy (non-hydrogen) atoms. The van der Waals surface area contributed by atoms with Gasteiger partial charge in [-0.3, -0.25) is 4.79 Å². The van der Waals surface area contributed by atoms with Gasteiger partial charge in [-0.2, -0.15) is 9.97 Å². The van der Waals surface area contributed by atoms with Gasteiger partial charge in [-0.15, -0.1) is 0 Å². The van der Waals surface area contributed by atoms with Crippen molar-refractivity contribution in [3.05, 3.63) is 47.4 Å². The predicted molar refractivity (Wildman–Crippen MR) is 88.5 cm³/mol. The first-order chi connectivity index (χ1) is 12.0. The number of nitrogens with one attached hydrogen (secondary N) is 1. The summed E-state index contributed by atoms with van der Waals surface area (Å²) in [5.41, 5.74) is 1.20. The smallest absolute Gasteiger partial charge is 0.251 e. The summed E-state index contributed by atoms with van der Waals surface area (Å²) < 4.78 is 10.1. The molecule has 8 heteroatoms. The second-order valence-electron chi connectivity index (χ2n) is 6.10. The number of aryl methyl sites for hydroxylation is 1. The van der Waals surface area contributed by atoms with Gasteiger partial charge >= 0.3 is 0 Å². The highest BCUT2D eigenvalue weighted by atomic mass is 16.5. The van der Waals surface area contributed by atoms with Gasteiger partial charge in [0.1, 0.15) is 0 Å². The highest BCUT2D eigenvalue weighted by molar-refractivity contribution is 5.95. The van der Waals surface area contributed by atoms with Crippen LogP contribution in [0, 0.1) is 12.8 Å². The number of aromatic nitrogens is 4. The number of amides is 1. The Kier molecular flexibility index (Phi) is 4.87. The average Bonchev–Trinajstić information content (AvgIpc) is 3.21. The number of nitrogens with zero attached hydrogens (tertiary/aromatic N) is 4. The molecule has 0 saturated carbocycles. The van der Waals surface area contributed by atoms with E-state index in [1.54, 1.807) is 25.1 Å². The fourth-order valence-electron chi connectivity index (χ4n) is 2.27. The Labute approximate surface area is 144 Å². The molecule has 0 aliphatic carbocycles. The molecule has 130 valence electrons. The molecule has 0 unspecified atom stereocenters. The molecule has 0 spiro atoms. The van der Waals surface area contributed by atoms with Crippen LogP contribution in [0.3, 0.4) is 0 Å². The van der Waals surface area contributed by atoms with Crippen LogP contribution < -0.4 is 5.32 Å². The predicted octanol–water partition coefficient (Wildman–Crippen LogP) is 2.56. The first-order valence-corrected chi connectivity index (χ1v) is 8.01. The first kappa shape index (κ1) is 16.8. The zero-order valence-corrected chi connectivity index (χ0v) is 14.3. The van der Waals surface area contributed by atoms with Crippen LogP contribution in [0.1, 0.15) is 41.8 Å². The van der Waals surface area contributed by atoms with Crippen molar-refractivity contribution in [1.29, 1.82) is 0 Å². The molecule has 3 rings (SSSR count). The Morgan fingerprint density at radius 2 is 2.04 bits per heavy atom. The molecule has 0 aliphatic heterocycles. The highest BCUT2D eigenvalue weighted by Gasteiger charge is 2.12. The van der Waals surface area contributed by atoms with Crippen LogP contribution in [-0.2, 0) is 13.0 Å². The van der Waals surface area contributed by atoms with Crippen molar-refractivity contribution >= 4 is 5.91 Å². The van der Waals surface area contributed by atoms with Crippen LogP contribution in [-0.4, -0.2) is 26.2 Å². The van der Waals surface area contributed by atoms with Crippen LogP contribution in [0.5, 0.6) is 0 Å². The van der Waals surface area contributed by atoms with Crippen molar-refractivity contribution in [2.75, 3.05) is 0 Å². The van der Waals surface area contributed by atoms with E-state index >= 15 is 0 Å². The van der Waals surface area contributed by atoms with Crippen LogP contribution in [0.4, 0.5) is 0 Å². The molecule has 0 atom stereocenters. The fourth-order valence-corrected chi connectivity index (χ4v) is 2.27. The molecule has 0 radical (unpaired) electrons. The topological polar surface area (TPSA) is 107 Å². The van der Waals surface area contributed by atoms with Gasteiger partial charge < -0.3 is 14.4 Å². The third-order valence-electron chi connectivity index (χ3n) is 3.41. The van der Waals surface area contributed by atoms with E-state index in [0.29, 0.717) is 46.9 Å². The summed E-state index contributed by atoms with van der Waals surface area (Å²) in [7, 11) is 0. The molecular weight excluding hydrogens is 322 g/mol. The lowest BCUT2D eigenvalue weighted by molar-refractivity contribution is 0.0949. The summed E-state index contributed by atoms with van der Waals surface area (Å²) in [6.45, 7) is 6.06. The quantitative estimate of drug-likeness (QED) is 0.734. The molecule has 3 aromatic rings. The molecule has 1 aromatic carbocycles. The van der Waals surface area contributed by atoms with Gasteiger partial charge in [0.2, 0.25) is 17.6 Å². The summed E-state index contributed by atoms with van der Waals surface area (Å²) >= 11 is 0. The van der Waals surface area contributed by atoms with Gasteiger partial charge in [-0.05, 0) is 18.1 Å². The van der Waals surface area contributed by atoms with Crippen LogP contribution >= 0.6 is 0 Å². The van der Waals surface area contributed by atoms with Gasteiger partial charge in [0.25, 0.3) is 5.91 Å². The van der Waals surface area contributed by atoms with E-state index in [2.05, 4.69) is 39.4 Å². The lowest BCUT2D eigenvalue weighted by Crippen LogP contribution is -2.23. The Hall–Kier alpha value is -3.03. The number of carbonyl (C=O) groups is 1. The minimum Gasteiger partial charge on any atom is -0.345 e. The number of carbonyl (C=O) groups excluding carboxylic acids is 1. The van der Waals surface area contributed by atoms with Crippen LogP contribution in [0.2, 0.25) is 0 Å². The maximum absolute atomic E-state index is 12.3. The zero-order valence-electron chi connectivity index (χ0n) is 14.3. The Balaban J connectivity index is 1.64. The van der Waals surface area contributed by atoms with Crippen molar-refractivity contribution in [2.45, 2.75) is 33.7 Å². The molecule has 0 fully saturated rings. The van der Waals surface area contributed by atoms with E-state index in [9.17, 15) is 4.79 Å². The standard InChI is InChI=1S/C17H19N5O3/c1-10(2)7-15-20-14(21-25-15)9-18-17(23)13-6-4-5-12(8-13)16-19-11(3)24-22-16/h4-6,8,10H,7,9H2,1-3H3,(H,18,23). The fraction of sp³-hybridized carbons (Fsp3) is 0.353. The van der Waals surface area contributed by atoms with Crippen LogP contribution in [0.15, 0.2) is 33.3 Å². The molecule has 2 heterocycles. The number of benzene rings is 1. The first-order valence-electron chi connectivity index (χ1n) is 8.01. The largest absolute Gasteiger partial charge is 0.345 e. The van der Waals surface area contributed by atoms with E-state index < -0.39 is 0 Å². The van der Waals surface area contributed by atoms with Crippen molar-refractivity contribution in [2.24, 2.45) is 5.92 Å². The molecule has 0 saturated heterocycles. The van der Waals surface area contributed by atoms with Crippen LogP contribution in [0.25, 0.3) is 11.4 Å². The third kappa shape index (κ3) is 4.28.